The highest BCUT2D eigenvalue weighted by molar-refractivity contribution is 5.96. The van der Waals surface area contributed by atoms with Crippen molar-refractivity contribution in [3.05, 3.63) is 53.8 Å². The second kappa shape index (κ2) is 5.48. The molecule has 17 heavy (non-hydrogen) atoms. The Kier molecular flexibility index (Phi) is 4.27. The monoisotopic (exact) mass is 229 g/mol. The van der Waals surface area contributed by atoms with Gasteiger partial charge in [0.05, 0.1) is 0 Å². The van der Waals surface area contributed by atoms with Crippen molar-refractivity contribution in [1.82, 2.24) is 0 Å². The highest BCUT2D eigenvalue weighted by atomic mass is 16.1. The van der Waals surface area contributed by atoms with Crippen LogP contribution in [0.3, 0.4) is 0 Å². The highest BCUT2D eigenvalue weighted by Gasteiger charge is 2.07. The molecule has 0 aliphatic rings. The van der Waals surface area contributed by atoms with Crippen LogP contribution in [0.5, 0.6) is 0 Å². The maximum Gasteiger partial charge on any atom is 0.160 e. The van der Waals surface area contributed by atoms with E-state index in [4.69, 9.17) is 0 Å². The van der Waals surface area contributed by atoms with Gasteiger partial charge in [0.1, 0.15) is 0 Å². The number of carbonyl (C=O) groups is 1. The van der Waals surface area contributed by atoms with Gasteiger partial charge in [0.2, 0.25) is 0 Å². The molecule has 2 heteroatoms. The first-order valence-electron chi connectivity index (χ1n) is 5.71. The van der Waals surface area contributed by atoms with Crippen molar-refractivity contribution in [1.29, 1.82) is 0 Å². The van der Waals surface area contributed by atoms with Gasteiger partial charge in [-0.05, 0) is 49.6 Å². The maximum absolute atomic E-state index is 11.4. The average Bonchev–Trinajstić information content (AvgIpc) is 2.28. The smallest absolute Gasteiger partial charge is 0.160 e. The van der Waals surface area contributed by atoms with E-state index in [-0.39, 0.29) is 5.78 Å². The fourth-order valence-corrected chi connectivity index (χ4v) is 1.59. The van der Waals surface area contributed by atoms with Crippen LogP contribution in [0.15, 0.2) is 42.6 Å². The summed E-state index contributed by atoms with van der Waals surface area (Å²) in [6, 6.07) is 5.74. The zero-order valence-corrected chi connectivity index (χ0v) is 10.8. The van der Waals surface area contributed by atoms with Crippen LogP contribution in [0, 0.1) is 0 Å². The molecule has 0 aliphatic carbocycles. The summed E-state index contributed by atoms with van der Waals surface area (Å²) in [5.74, 6) is 0.104. The van der Waals surface area contributed by atoms with Crippen LogP contribution in [0.25, 0.3) is 0 Å². The largest absolute Gasteiger partial charge is 0.356 e. The van der Waals surface area contributed by atoms with E-state index in [1.807, 2.05) is 32.0 Å². The van der Waals surface area contributed by atoms with E-state index in [9.17, 15) is 4.79 Å². The Bertz CT molecular complexity index is 472. The lowest BCUT2D eigenvalue weighted by Gasteiger charge is -2.12. The van der Waals surface area contributed by atoms with Crippen molar-refractivity contribution in [2.45, 2.75) is 27.2 Å². The summed E-state index contributed by atoms with van der Waals surface area (Å²) in [7, 11) is 0. The summed E-state index contributed by atoms with van der Waals surface area (Å²) in [6.07, 6.45) is 0.837. The SMILES string of the molecule is C=C(C)C(=C)Nc1ccc(C(C)=O)c(CC)c1. The summed E-state index contributed by atoms with van der Waals surface area (Å²) < 4.78 is 0. The Balaban J connectivity index is 3.01. The third-order valence-electron chi connectivity index (χ3n) is 2.68. The molecule has 0 saturated heterocycles. The Hall–Kier alpha value is -1.83. The molecule has 1 rings (SSSR count). The first-order chi connectivity index (χ1) is 7.95. The number of ketones is 1. The van der Waals surface area contributed by atoms with Crippen molar-refractivity contribution in [2.75, 3.05) is 5.32 Å². The van der Waals surface area contributed by atoms with E-state index in [1.54, 1.807) is 6.92 Å². The first kappa shape index (κ1) is 13.2. The predicted molar refractivity (Wildman–Crippen MR) is 73.4 cm³/mol. The van der Waals surface area contributed by atoms with Gasteiger partial charge in [-0.15, -0.1) is 0 Å². The molecule has 1 aromatic carbocycles. The zero-order valence-electron chi connectivity index (χ0n) is 10.8. The van der Waals surface area contributed by atoms with Crippen LogP contribution in [0.4, 0.5) is 5.69 Å². The molecule has 0 aromatic heterocycles. The molecule has 1 N–H and O–H groups in total. The second-order valence-corrected chi connectivity index (χ2v) is 4.17. The zero-order chi connectivity index (χ0) is 13.0. The van der Waals surface area contributed by atoms with Crippen molar-refractivity contribution in [2.24, 2.45) is 0 Å². The van der Waals surface area contributed by atoms with Crippen LogP contribution >= 0.6 is 0 Å². The van der Waals surface area contributed by atoms with E-state index in [1.165, 1.54) is 0 Å². The quantitative estimate of drug-likeness (QED) is 0.611. The van der Waals surface area contributed by atoms with Crippen LogP contribution in [-0.4, -0.2) is 5.78 Å². The number of hydrogen-bond donors (Lipinski definition) is 1. The van der Waals surface area contributed by atoms with Gasteiger partial charge in [-0.1, -0.05) is 20.1 Å². The Morgan fingerprint density at radius 2 is 1.94 bits per heavy atom. The van der Waals surface area contributed by atoms with Crippen molar-refractivity contribution in [3.8, 4) is 0 Å². The number of allylic oxidation sites excluding steroid dienone is 1. The molecular weight excluding hydrogens is 210 g/mol. The molecule has 0 saturated carbocycles. The lowest BCUT2D eigenvalue weighted by atomic mass is 10.0. The molecule has 0 fully saturated rings. The van der Waals surface area contributed by atoms with Gasteiger partial charge in [-0.25, -0.2) is 0 Å². The van der Waals surface area contributed by atoms with Crippen LogP contribution in [-0.2, 0) is 6.42 Å². The minimum Gasteiger partial charge on any atom is -0.356 e. The summed E-state index contributed by atoms with van der Waals surface area (Å²) >= 11 is 0. The maximum atomic E-state index is 11.4. The summed E-state index contributed by atoms with van der Waals surface area (Å²) in [4.78, 5) is 11.4. The van der Waals surface area contributed by atoms with Crippen molar-refractivity contribution in [3.63, 3.8) is 0 Å². The van der Waals surface area contributed by atoms with Crippen LogP contribution < -0.4 is 5.32 Å². The van der Waals surface area contributed by atoms with E-state index in [0.717, 1.165) is 34.5 Å². The lowest BCUT2D eigenvalue weighted by molar-refractivity contribution is 0.101. The Morgan fingerprint density at radius 3 is 2.41 bits per heavy atom. The molecule has 0 radical (unpaired) electrons. The molecule has 0 amide bonds. The number of rotatable bonds is 5. The van der Waals surface area contributed by atoms with E-state index >= 15 is 0 Å². The molecule has 0 aliphatic heterocycles. The summed E-state index contributed by atoms with van der Waals surface area (Å²) in [5.41, 5.74) is 4.48. The van der Waals surface area contributed by atoms with Gasteiger partial charge in [-0.3, -0.25) is 4.79 Å². The van der Waals surface area contributed by atoms with E-state index in [0.29, 0.717) is 0 Å². The number of nitrogens with one attached hydrogen (secondary N) is 1. The minimum absolute atomic E-state index is 0.104. The predicted octanol–water partition coefficient (Wildman–Crippen LogP) is 3.95. The fourth-order valence-electron chi connectivity index (χ4n) is 1.59. The summed E-state index contributed by atoms with van der Waals surface area (Å²) in [6.45, 7) is 13.2. The second-order valence-electron chi connectivity index (χ2n) is 4.17. The van der Waals surface area contributed by atoms with Gasteiger partial charge in [0.25, 0.3) is 0 Å². The van der Waals surface area contributed by atoms with E-state index < -0.39 is 0 Å². The molecule has 2 nitrogen and oxygen atoms in total. The number of aryl methyl sites for hydroxylation is 1. The normalized spacial score (nSPS) is 9.82. The van der Waals surface area contributed by atoms with E-state index in [2.05, 4.69) is 18.5 Å². The number of carbonyl (C=O) groups excluding carboxylic acids is 1. The lowest BCUT2D eigenvalue weighted by Crippen LogP contribution is -2.03. The number of hydrogen-bond acceptors (Lipinski definition) is 2. The topological polar surface area (TPSA) is 29.1 Å². The number of anilines is 1. The van der Waals surface area contributed by atoms with Crippen LogP contribution in [0.2, 0.25) is 0 Å². The van der Waals surface area contributed by atoms with Crippen molar-refractivity contribution < 1.29 is 4.79 Å². The number of Topliss-reactive ketones (excluding diaryl/α,β-unsaturated/α-hetero) is 1. The first-order valence-corrected chi connectivity index (χ1v) is 5.71. The third kappa shape index (κ3) is 3.31. The fraction of sp³-hybridized carbons (Fsp3) is 0.267. The van der Waals surface area contributed by atoms with Crippen molar-refractivity contribution >= 4 is 11.5 Å². The van der Waals surface area contributed by atoms with Crippen LogP contribution in [0.1, 0.15) is 36.7 Å². The molecule has 0 heterocycles. The number of benzene rings is 1. The average molecular weight is 229 g/mol. The highest BCUT2D eigenvalue weighted by Crippen LogP contribution is 2.19. The third-order valence-corrected chi connectivity index (χ3v) is 2.68. The molecular formula is C15H19NO. The Labute approximate surface area is 103 Å². The minimum atomic E-state index is 0.104. The van der Waals surface area contributed by atoms with Gasteiger partial charge in [0, 0.05) is 16.9 Å². The molecule has 0 unspecified atom stereocenters. The standard InChI is InChI=1S/C15H19NO/c1-6-13-9-14(16-11(4)10(2)3)7-8-15(13)12(5)17/h7-9,16H,2,4,6H2,1,3,5H3. The molecule has 0 atom stereocenters. The Morgan fingerprint density at radius 1 is 1.29 bits per heavy atom. The van der Waals surface area contributed by atoms with Gasteiger partial charge in [0.15, 0.2) is 5.78 Å². The molecule has 1 aromatic rings. The van der Waals surface area contributed by atoms with Gasteiger partial charge in [-0.2, -0.15) is 0 Å². The molecule has 0 bridgehead atoms. The molecule has 0 spiro atoms. The van der Waals surface area contributed by atoms with Gasteiger partial charge >= 0.3 is 0 Å². The summed E-state index contributed by atoms with van der Waals surface area (Å²) in [5, 5.41) is 3.18. The molecule has 90 valence electrons. The van der Waals surface area contributed by atoms with Gasteiger partial charge < -0.3 is 5.32 Å².